The van der Waals surface area contributed by atoms with Crippen LogP contribution < -0.4 is 5.32 Å². The molecule has 1 aromatic heterocycles. The van der Waals surface area contributed by atoms with Gasteiger partial charge >= 0.3 is 6.18 Å². The summed E-state index contributed by atoms with van der Waals surface area (Å²) in [4.78, 5) is 3.92. The van der Waals surface area contributed by atoms with E-state index in [1.807, 2.05) is 20.8 Å². The van der Waals surface area contributed by atoms with Crippen LogP contribution >= 0.6 is 0 Å². The summed E-state index contributed by atoms with van der Waals surface area (Å²) in [6.07, 6.45) is -3.20. The van der Waals surface area contributed by atoms with Crippen LogP contribution in [0.25, 0.3) is 0 Å². The maximum Gasteiger partial charge on any atom is 0.416 e. The van der Waals surface area contributed by atoms with Crippen molar-refractivity contribution in [3.05, 3.63) is 23.9 Å². The number of nitrogens with one attached hydrogen (secondary N) is 1. The highest BCUT2D eigenvalue weighted by Gasteiger charge is 2.31. The second kappa shape index (κ2) is 6.75. The van der Waals surface area contributed by atoms with Gasteiger partial charge in [0.2, 0.25) is 0 Å². The van der Waals surface area contributed by atoms with Crippen molar-refractivity contribution < 1.29 is 17.9 Å². The van der Waals surface area contributed by atoms with Gasteiger partial charge < -0.3 is 10.1 Å². The quantitative estimate of drug-likeness (QED) is 0.862. The molecule has 0 bridgehead atoms. The Morgan fingerprint density at radius 1 is 1.37 bits per heavy atom. The van der Waals surface area contributed by atoms with Crippen molar-refractivity contribution >= 4 is 5.82 Å². The van der Waals surface area contributed by atoms with Gasteiger partial charge in [0.1, 0.15) is 5.82 Å². The summed E-state index contributed by atoms with van der Waals surface area (Å²) < 4.78 is 43.1. The Bertz CT molecular complexity index is 394. The topological polar surface area (TPSA) is 34.1 Å². The van der Waals surface area contributed by atoms with Gasteiger partial charge in [-0.2, -0.15) is 13.2 Å². The molecule has 1 aromatic rings. The summed E-state index contributed by atoms with van der Waals surface area (Å²) in [6, 6.07) is 1.90. The smallest absolute Gasteiger partial charge is 0.380 e. The van der Waals surface area contributed by atoms with Crippen LogP contribution in [-0.4, -0.2) is 24.2 Å². The molecule has 0 spiro atoms. The number of hydrogen-bond acceptors (Lipinski definition) is 3. The molecule has 0 aromatic carbocycles. The Morgan fingerprint density at radius 3 is 2.58 bits per heavy atom. The Morgan fingerprint density at radius 2 is 2.05 bits per heavy atom. The first-order valence-corrected chi connectivity index (χ1v) is 6.22. The number of rotatable bonds is 6. The number of anilines is 1. The van der Waals surface area contributed by atoms with E-state index in [2.05, 4.69) is 10.3 Å². The van der Waals surface area contributed by atoms with Gasteiger partial charge in [-0.15, -0.1) is 0 Å². The number of ether oxygens (including phenoxy) is 1. The lowest BCUT2D eigenvalue weighted by Crippen LogP contribution is -2.31. The van der Waals surface area contributed by atoms with Crippen molar-refractivity contribution in [2.45, 2.75) is 33.0 Å². The van der Waals surface area contributed by atoms with Crippen molar-refractivity contribution in [2.24, 2.45) is 5.92 Å². The molecule has 0 saturated carbocycles. The van der Waals surface area contributed by atoms with Crippen molar-refractivity contribution in [1.29, 1.82) is 0 Å². The van der Waals surface area contributed by atoms with E-state index in [0.717, 1.165) is 18.3 Å². The Labute approximate surface area is 111 Å². The molecule has 1 unspecified atom stereocenters. The molecule has 0 saturated heterocycles. The molecule has 0 aliphatic carbocycles. The van der Waals surface area contributed by atoms with Crippen LogP contribution in [0.5, 0.6) is 0 Å². The van der Waals surface area contributed by atoms with E-state index in [4.69, 9.17) is 4.74 Å². The molecular formula is C13H19F3N2O. The fourth-order valence-electron chi connectivity index (χ4n) is 1.52. The SMILES string of the molecule is CCOCC(Nc1cc(C(F)(F)F)ccn1)C(C)C. The van der Waals surface area contributed by atoms with Crippen molar-refractivity contribution in [2.75, 3.05) is 18.5 Å². The summed E-state index contributed by atoms with van der Waals surface area (Å²) in [5, 5.41) is 2.99. The lowest BCUT2D eigenvalue weighted by molar-refractivity contribution is -0.137. The minimum absolute atomic E-state index is 0.0732. The highest BCUT2D eigenvalue weighted by atomic mass is 19.4. The summed E-state index contributed by atoms with van der Waals surface area (Å²) in [5.74, 6) is 0.441. The van der Waals surface area contributed by atoms with E-state index in [-0.39, 0.29) is 17.8 Å². The molecule has 0 aliphatic heterocycles. The number of nitrogens with zero attached hydrogens (tertiary/aromatic N) is 1. The van der Waals surface area contributed by atoms with E-state index in [9.17, 15) is 13.2 Å². The maximum absolute atomic E-state index is 12.6. The standard InChI is InChI=1S/C13H19F3N2O/c1-4-19-8-11(9(2)3)18-12-7-10(5-6-17-12)13(14,15)16/h5-7,9,11H,4,8H2,1-3H3,(H,17,18). The highest BCUT2D eigenvalue weighted by Crippen LogP contribution is 2.30. The predicted molar refractivity (Wildman–Crippen MR) is 68.0 cm³/mol. The molecule has 1 rings (SSSR count). The van der Waals surface area contributed by atoms with Crippen LogP contribution in [0.15, 0.2) is 18.3 Å². The van der Waals surface area contributed by atoms with Gasteiger partial charge in [-0.3, -0.25) is 0 Å². The summed E-state index contributed by atoms with van der Waals surface area (Å²) in [7, 11) is 0. The number of alkyl halides is 3. The van der Waals surface area contributed by atoms with Crippen LogP contribution in [0.4, 0.5) is 19.0 Å². The van der Waals surface area contributed by atoms with Gasteiger partial charge in [0.25, 0.3) is 0 Å². The first-order valence-electron chi connectivity index (χ1n) is 6.22. The lowest BCUT2D eigenvalue weighted by atomic mass is 10.1. The molecule has 1 N–H and O–H groups in total. The second-order valence-electron chi connectivity index (χ2n) is 4.58. The summed E-state index contributed by atoms with van der Waals surface area (Å²) >= 11 is 0. The zero-order valence-electron chi connectivity index (χ0n) is 11.3. The van der Waals surface area contributed by atoms with Gasteiger partial charge in [-0.25, -0.2) is 4.98 Å². The monoisotopic (exact) mass is 276 g/mol. The molecule has 6 heteroatoms. The fourth-order valence-corrected chi connectivity index (χ4v) is 1.52. The first-order chi connectivity index (χ1) is 8.84. The van der Waals surface area contributed by atoms with Crippen LogP contribution in [0.3, 0.4) is 0 Å². The minimum atomic E-state index is -4.35. The van der Waals surface area contributed by atoms with Gasteiger partial charge in [-0.1, -0.05) is 13.8 Å². The van der Waals surface area contributed by atoms with E-state index in [1.165, 1.54) is 0 Å². The van der Waals surface area contributed by atoms with Gasteiger partial charge in [0.15, 0.2) is 0 Å². The van der Waals surface area contributed by atoms with Crippen LogP contribution in [0.1, 0.15) is 26.3 Å². The van der Waals surface area contributed by atoms with E-state index >= 15 is 0 Å². The second-order valence-corrected chi connectivity index (χ2v) is 4.58. The molecule has 0 fully saturated rings. The Hall–Kier alpha value is -1.30. The fraction of sp³-hybridized carbons (Fsp3) is 0.615. The number of halogens is 3. The summed E-state index contributed by atoms with van der Waals surface area (Å²) in [5.41, 5.74) is -0.705. The zero-order chi connectivity index (χ0) is 14.5. The molecule has 1 atom stereocenters. The van der Waals surface area contributed by atoms with Crippen molar-refractivity contribution in [1.82, 2.24) is 4.98 Å². The van der Waals surface area contributed by atoms with Gasteiger partial charge in [-0.05, 0) is 25.0 Å². The average Bonchev–Trinajstić information content (AvgIpc) is 2.33. The minimum Gasteiger partial charge on any atom is -0.380 e. The molecule has 0 radical (unpaired) electrons. The molecule has 108 valence electrons. The first kappa shape index (κ1) is 15.8. The lowest BCUT2D eigenvalue weighted by Gasteiger charge is -2.23. The number of hydrogen-bond donors (Lipinski definition) is 1. The summed E-state index contributed by atoms with van der Waals surface area (Å²) in [6.45, 7) is 6.83. The largest absolute Gasteiger partial charge is 0.416 e. The molecular weight excluding hydrogens is 257 g/mol. The molecule has 0 aliphatic rings. The van der Waals surface area contributed by atoms with E-state index in [1.54, 1.807) is 0 Å². The van der Waals surface area contributed by atoms with E-state index < -0.39 is 11.7 Å². The van der Waals surface area contributed by atoms with Crippen LogP contribution in [0.2, 0.25) is 0 Å². The maximum atomic E-state index is 12.6. The van der Waals surface area contributed by atoms with Gasteiger partial charge in [0, 0.05) is 12.8 Å². The predicted octanol–water partition coefficient (Wildman–Crippen LogP) is 3.57. The third-order valence-electron chi connectivity index (χ3n) is 2.73. The third kappa shape index (κ3) is 5.06. The Kier molecular flexibility index (Phi) is 5.60. The molecule has 0 amide bonds. The average molecular weight is 276 g/mol. The van der Waals surface area contributed by atoms with Crippen molar-refractivity contribution in [3.8, 4) is 0 Å². The highest BCUT2D eigenvalue weighted by molar-refractivity contribution is 5.39. The van der Waals surface area contributed by atoms with Crippen molar-refractivity contribution in [3.63, 3.8) is 0 Å². The van der Waals surface area contributed by atoms with Gasteiger partial charge in [0.05, 0.1) is 18.2 Å². The Balaban J connectivity index is 2.79. The number of pyridine rings is 1. The number of aromatic nitrogens is 1. The molecule has 19 heavy (non-hydrogen) atoms. The van der Waals surface area contributed by atoms with E-state index in [0.29, 0.717) is 13.2 Å². The molecule has 1 heterocycles. The molecule has 3 nitrogen and oxygen atoms in total. The van der Waals surface area contributed by atoms with Crippen LogP contribution in [0, 0.1) is 5.92 Å². The third-order valence-corrected chi connectivity index (χ3v) is 2.73. The van der Waals surface area contributed by atoms with Crippen LogP contribution in [-0.2, 0) is 10.9 Å². The zero-order valence-corrected chi connectivity index (χ0v) is 11.3. The normalized spacial score (nSPS) is 13.6.